The van der Waals surface area contributed by atoms with E-state index in [2.05, 4.69) is 17.4 Å². The molecule has 0 spiro atoms. The Labute approximate surface area is 172 Å². The minimum absolute atomic E-state index is 0.0424. The maximum atomic E-state index is 12.3. The van der Waals surface area contributed by atoms with Crippen LogP contribution in [0, 0.1) is 0 Å². The van der Waals surface area contributed by atoms with E-state index in [-0.39, 0.29) is 5.91 Å². The minimum Gasteiger partial charge on any atom is -0.497 e. The molecule has 150 valence electrons. The van der Waals surface area contributed by atoms with Crippen LogP contribution in [-0.4, -0.2) is 13.0 Å². The number of methoxy groups -OCH3 is 1. The van der Waals surface area contributed by atoms with Crippen molar-refractivity contribution in [2.75, 3.05) is 7.11 Å². The summed E-state index contributed by atoms with van der Waals surface area (Å²) in [6, 6.07) is 26.0. The predicted molar refractivity (Wildman–Crippen MR) is 115 cm³/mol. The van der Waals surface area contributed by atoms with Gasteiger partial charge in [-0.1, -0.05) is 66.7 Å². The summed E-state index contributed by atoms with van der Waals surface area (Å²) in [6.45, 7) is 1.60. The van der Waals surface area contributed by atoms with Crippen LogP contribution in [0.2, 0.25) is 0 Å². The van der Waals surface area contributed by atoms with Crippen molar-refractivity contribution >= 4 is 5.91 Å². The molecule has 0 aliphatic heterocycles. The van der Waals surface area contributed by atoms with Crippen LogP contribution in [0.3, 0.4) is 0 Å². The van der Waals surface area contributed by atoms with Crippen molar-refractivity contribution in [3.05, 3.63) is 101 Å². The monoisotopic (exact) mass is 389 g/mol. The van der Waals surface area contributed by atoms with Crippen LogP contribution < -0.4 is 10.1 Å². The molecule has 0 aromatic heterocycles. The lowest BCUT2D eigenvalue weighted by molar-refractivity contribution is -0.121. The van der Waals surface area contributed by atoms with Crippen molar-refractivity contribution in [1.29, 1.82) is 0 Å². The highest BCUT2D eigenvalue weighted by atomic mass is 16.5. The van der Waals surface area contributed by atoms with E-state index in [1.165, 1.54) is 0 Å². The lowest BCUT2D eigenvalue weighted by Gasteiger charge is -2.12. The normalized spacial score (nSPS) is 10.5. The summed E-state index contributed by atoms with van der Waals surface area (Å²) >= 11 is 0. The number of amides is 1. The summed E-state index contributed by atoms with van der Waals surface area (Å²) in [6.07, 6.45) is 1.16. The molecule has 0 saturated heterocycles. The molecule has 3 rings (SSSR count). The van der Waals surface area contributed by atoms with Crippen LogP contribution >= 0.6 is 0 Å². The number of nitrogens with one attached hydrogen (secondary N) is 1. The topological polar surface area (TPSA) is 47.6 Å². The summed E-state index contributed by atoms with van der Waals surface area (Å²) < 4.78 is 11.0. The number of aryl methyl sites for hydroxylation is 1. The number of rotatable bonds is 10. The largest absolute Gasteiger partial charge is 0.497 e. The molecule has 0 saturated carbocycles. The first-order valence-corrected chi connectivity index (χ1v) is 9.82. The number of benzene rings is 3. The second-order valence-electron chi connectivity index (χ2n) is 6.87. The van der Waals surface area contributed by atoms with Gasteiger partial charge in [-0.05, 0) is 40.8 Å². The maximum absolute atomic E-state index is 12.3. The van der Waals surface area contributed by atoms with Gasteiger partial charge in [0.15, 0.2) is 0 Å². The van der Waals surface area contributed by atoms with Crippen molar-refractivity contribution in [2.45, 2.75) is 32.6 Å². The third-order valence-electron chi connectivity index (χ3n) is 4.76. The Kier molecular flexibility index (Phi) is 7.84. The van der Waals surface area contributed by atoms with Crippen LogP contribution in [0.4, 0.5) is 0 Å². The fraction of sp³-hybridized carbons (Fsp3) is 0.240. The smallest absolute Gasteiger partial charge is 0.220 e. The van der Waals surface area contributed by atoms with E-state index < -0.39 is 0 Å². The van der Waals surface area contributed by atoms with Crippen molar-refractivity contribution in [2.24, 2.45) is 0 Å². The van der Waals surface area contributed by atoms with Gasteiger partial charge >= 0.3 is 0 Å². The zero-order valence-electron chi connectivity index (χ0n) is 16.8. The average molecular weight is 389 g/mol. The van der Waals surface area contributed by atoms with Gasteiger partial charge in [-0.25, -0.2) is 0 Å². The molecule has 0 fully saturated rings. The molecule has 0 bridgehead atoms. The first-order valence-electron chi connectivity index (χ1n) is 9.82. The number of carbonyl (C=O) groups excluding carboxylic acids is 1. The highest BCUT2D eigenvalue weighted by molar-refractivity contribution is 5.76. The third kappa shape index (κ3) is 6.77. The van der Waals surface area contributed by atoms with Crippen molar-refractivity contribution in [3.8, 4) is 5.75 Å². The standard InChI is InChI=1S/C25H27NO3/c1-28-24-14-11-20(12-15-24)13-16-25(27)26-17-22-9-5-6-10-23(22)19-29-18-21-7-3-2-4-8-21/h2-12,14-15H,13,16-19H2,1H3,(H,26,27). The lowest BCUT2D eigenvalue weighted by Crippen LogP contribution is -2.23. The van der Waals surface area contributed by atoms with Crippen molar-refractivity contribution in [1.82, 2.24) is 5.32 Å². The second-order valence-corrected chi connectivity index (χ2v) is 6.87. The summed E-state index contributed by atoms with van der Waals surface area (Å²) in [4.78, 5) is 12.3. The van der Waals surface area contributed by atoms with Crippen LogP contribution in [0.1, 0.15) is 28.7 Å². The predicted octanol–water partition coefficient (Wildman–Crippen LogP) is 4.66. The van der Waals surface area contributed by atoms with E-state index in [1.807, 2.05) is 66.7 Å². The maximum Gasteiger partial charge on any atom is 0.220 e. The van der Waals surface area contributed by atoms with E-state index in [9.17, 15) is 4.79 Å². The molecule has 29 heavy (non-hydrogen) atoms. The van der Waals surface area contributed by atoms with Gasteiger partial charge in [0.05, 0.1) is 20.3 Å². The van der Waals surface area contributed by atoms with Gasteiger partial charge in [-0.2, -0.15) is 0 Å². The summed E-state index contributed by atoms with van der Waals surface area (Å²) in [5.74, 6) is 0.866. The molecule has 4 heteroatoms. The SMILES string of the molecule is COc1ccc(CCC(=O)NCc2ccccc2COCc2ccccc2)cc1. The quantitative estimate of drug-likeness (QED) is 0.549. The van der Waals surface area contributed by atoms with Crippen LogP contribution in [0.25, 0.3) is 0 Å². The highest BCUT2D eigenvalue weighted by Gasteiger charge is 2.06. The van der Waals surface area contributed by atoms with E-state index in [0.29, 0.717) is 32.6 Å². The number of hydrogen-bond donors (Lipinski definition) is 1. The van der Waals surface area contributed by atoms with Gasteiger partial charge in [0.2, 0.25) is 5.91 Å². The average Bonchev–Trinajstić information content (AvgIpc) is 2.78. The molecule has 0 heterocycles. The van der Waals surface area contributed by atoms with Crippen LogP contribution in [0.5, 0.6) is 5.75 Å². The first-order chi connectivity index (χ1) is 14.2. The molecule has 0 aliphatic rings. The molecule has 0 atom stereocenters. The van der Waals surface area contributed by atoms with Gasteiger partial charge in [0.25, 0.3) is 0 Å². The molecular formula is C25H27NO3. The fourth-order valence-corrected chi connectivity index (χ4v) is 3.06. The first kappa shape index (κ1) is 20.6. The van der Waals surface area contributed by atoms with Gasteiger partial charge in [-0.3, -0.25) is 4.79 Å². The molecule has 0 aliphatic carbocycles. The van der Waals surface area contributed by atoms with Gasteiger partial charge < -0.3 is 14.8 Å². The zero-order chi connectivity index (χ0) is 20.3. The Hall–Kier alpha value is -3.11. The zero-order valence-corrected chi connectivity index (χ0v) is 16.8. The second kappa shape index (κ2) is 11.0. The molecule has 1 N–H and O–H groups in total. The minimum atomic E-state index is 0.0424. The van der Waals surface area contributed by atoms with E-state index in [1.54, 1.807) is 7.11 Å². The summed E-state index contributed by atoms with van der Waals surface area (Å²) in [5.41, 5.74) is 4.45. The number of ether oxygens (including phenoxy) is 2. The van der Waals surface area contributed by atoms with Crippen molar-refractivity contribution in [3.63, 3.8) is 0 Å². The Morgan fingerprint density at radius 3 is 2.21 bits per heavy atom. The molecule has 0 unspecified atom stereocenters. The Bertz CT molecular complexity index is 891. The molecule has 3 aromatic carbocycles. The summed E-state index contributed by atoms with van der Waals surface area (Å²) in [7, 11) is 1.65. The van der Waals surface area contributed by atoms with E-state index in [0.717, 1.165) is 28.0 Å². The molecule has 0 radical (unpaired) electrons. The van der Waals surface area contributed by atoms with Gasteiger partial charge in [0.1, 0.15) is 5.75 Å². The van der Waals surface area contributed by atoms with Crippen LogP contribution in [-0.2, 0) is 35.7 Å². The van der Waals surface area contributed by atoms with Gasteiger partial charge in [-0.15, -0.1) is 0 Å². The highest BCUT2D eigenvalue weighted by Crippen LogP contribution is 2.14. The Morgan fingerprint density at radius 2 is 1.48 bits per heavy atom. The Morgan fingerprint density at radius 1 is 0.793 bits per heavy atom. The molecule has 1 amide bonds. The third-order valence-corrected chi connectivity index (χ3v) is 4.76. The van der Waals surface area contributed by atoms with Crippen LogP contribution in [0.15, 0.2) is 78.9 Å². The Balaban J connectivity index is 1.45. The number of hydrogen-bond acceptors (Lipinski definition) is 3. The summed E-state index contributed by atoms with van der Waals surface area (Å²) in [5, 5.41) is 3.02. The van der Waals surface area contributed by atoms with Crippen molar-refractivity contribution < 1.29 is 14.3 Å². The molecule has 4 nitrogen and oxygen atoms in total. The van der Waals surface area contributed by atoms with Gasteiger partial charge in [0, 0.05) is 13.0 Å². The molecule has 3 aromatic rings. The fourth-order valence-electron chi connectivity index (χ4n) is 3.06. The molecular weight excluding hydrogens is 362 g/mol. The lowest BCUT2D eigenvalue weighted by atomic mass is 10.1. The number of carbonyl (C=O) groups is 1. The van der Waals surface area contributed by atoms with E-state index >= 15 is 0 Å². The van der Waals surface area contributed by atoms with E-state index in [4.69, 9.17) is 9.47 Å².